The van der Waals surface area contributed by atoms with Gasteiger partial charge in [-0.25, -0.2) is 4.79 Å². The molecule has 0 fully saturated rings. The van der Waals surface area contributed by atoms with Crippen molar-refractivity contribution < 1.29 is 28.7 Å². The molecule has 2 aromatic carbocycles. The van der Waals surface area contributed by atoms with Crippen LogP contribution < -0.4 is 14.8 Å². The Morgan fingerprint density at radius 2 is 1.90 bits per heavy atom. The summed E-state index contributed by atoms with van der Waals surface area (Å²) in [5, 5.41) is 13.2. The third-order valence-corrected chi connectivity index (χ3v) is 4.37. The summed E-state index contributed by atoms with van der Waals surface area (Å²) in [7, 11) is 0. The fraction of sp³-hybridized carbons (Fsp3) is 0.263. The number of carbonyl (C=O) groups is 2. The van der Waals surface area contributed by atoms with E-state index >= 15 is 0 Å². The Morgan fingerprint density at radius 1 is 1.17 bits per heavy atom. The van der Waals surface area contributed by atoms with Crippen LogP contribution in [0.2, 0.25) is 5.02 Å². The Labute approximate surface area is 170 Å². The number of anilines is 1. The first kappa shape index (κ1) is 20.4. The van der Waals surface area contributed by atoms with Crippen molar-refractivity contribution >= 4 is 34.9 Å². The number of hydrogen-bond acceptors (Lipinski definition) is 7. The number of benzene rings is 2. The Hall–Kier alpha value is -3.33. The quantitative estimate of drug-likeness (QED) is 0.446. The molecule has 1 aliphatic heterocycles. The Kier molecular flexibility index (Phi) is 6.18. The van der Waals surface area contributed by atoms with Crippen LogP contribution in [0.25, 0.3) is 0 Å². The molecule has 1 atom stereocenters. The summed E-state index contributed by atoms with van der Waals surface area (Å²) in [5.41, 5.74) is 0.171. The number of nitro groups is 1. The van der Waals surface area contributed by atoms with E-state index in [2.05, 4.69) is 5.32 Å². The van der Waals surface area contributed by atoms with Gasteiger partial charge in [-0.3, -0.25) is 14.9 Å². The standard InChI is InChI=1S/C19H17ClN2O7/c1-11(18(23)21-15-5-4-13(22(25)26)10-14(15)20)29-19(24)12-3-6-16-17(9-12)28-8-2-7-27-16/h3-6,9-11H,2,7-8H2,1H3,(H,21,23). The number of hydrogen-bond donors (Lipinski definition) is 1. The van der Waals surface area contributed by atoms with E-state index in [9.17, 15) is 19.7 Å². The van der Waals surface area contributed by atoms with Gasteiger partial charge in [0.25, 0.3) is 11.6 Å². The Balaban J connectivity index is 1.64. The highest BCUT2D eigenvalue weighted by Crippen LogP contribution is 2.31. The molecule has 0 saturated heterocycles. The maximum Gasteiger partial charge on any atom is 0.339 e. The molecule has 0 radical (unpaired) electrons. The summed E-state index contributed by atoms with van der Waals surface area (Å²) in [6.45, 7) is 2.40. The first-order chi connectivity index (χ1) is 13.8. The molecule has 2 aromatic rings. The van der Waals surface area contributed by atoms with Crippen molar-refractivity contribution in [2.45, 2.75) is 19.4 Å². The van der Waals surface area contributed by atoms with Gasteiger partial charge in [0, 0.05) is 18.6 Å². The largest absolute Gasteiger partial charge is 0.490 e. The van der Waals surface area contributed by atoms with Gasteiger partial charge in [-0.2, -0.15) is 0 Å². The van der Waals surface area contributed by atoms with Crippen LogP contribution in [0.5, 0.6) is 11.5 Å². The molecule has 3 rings (SSSR count). The van der Waals surface area contributed by atoms with Crippen molar-refractivity contribution in [3.8, 4) is 11.5 Å². The van der Waals surface area contributed by atoms with Crippen LogP contribution in [0, 0.1) is 10.1 Å². The Morgan fingerprint density at radius 3 is 2.59 bits per heavy atom. The average Bonchev–Trinajstić information content (AvgIpc) is 2.93. The molecule has 0 bridgehead atoms. The number of ether oxygens (including phenoxy) is 3. The second kappa shape index (κ2) is 8.78. The highest BCUT2D eigenvalue weighted by Gasteiger charge is 2.22. The van der Waals surface area contributed by atoms with Gasteiger partial charge < -0.3 is 19.5 Å². The molecule has 0 aliphatic carbocycles. The average molecular weight is 421 g/mol. The molecular formula is C19H17ClN2O7. The zero-order valence-electron chi connectivity index (χ0n) is 15.3. The number of amides is 1. The first-order valence-electron chi connectivity index (χ1n) is 8.70. The van der Waals surface area contributed by atoms with Crippen LogP contribution in [0.15, 0.2) is 36.4 Å². The summed E-state index contributed by atoms with van der Waals surface area (Å²) >= 11 is 5.95. The van der Waals surface area contributed by atoms with Crippen LogP contribution in [-0.2, 0) is 9.53 Å². The molecule has 1 amide bonds. The number of halogens is 1. The van der Waals surface area contributed by atoms with E-state index in [0.29, 0.717) is 24.7 Å². The van der Waals surface area contributed by atoms with Crippen molar-refractivity contribution in [3.05, 3.63) is 57.1 Å². The van der Waals surface area contributed by atoms with E-state index in [-0.39, 0.29) is 22.0 Å². The number of nitrogens with zero attached hydrogens (tertiary/aromatic N) is 1. The molecule has 1 N–H and O–H groups in total. The second-order valence-corrected chi connectivity index (χ2v) is 6.58. The monoisotopic (exact) mass is 420 g/mol. The van der Waals surface area contributed by atoms with Crippen molar-refractivity contribution in [1.82, 2.24) is 0 Å². The molecule has 0 aromatic heterocycles. The Bertz CT molecular complexity index is 964. The fourth-order valence-corrected chi connectivity index (χ4v) is 2.75. The summed E-state index contributed by atoms with van der Waals surface area (Å²) in [5.74, 6) is -0.370. The van der Waals surface area contributed by atoms with Crippen molar-refractivity contribution in [2.75, 3.05) is 18.5 Å². The summed E-state index contributed by atoms with van der Waals surface area (Å²) in [4.78, 5) is 34.8. The maximum absolute atomic E-state index is 12.4. The molecule has 152 valence electrons. The molecule has 9 nitrogen and oxygen atoms in total. The molecule has 10 heteroatoms. The zero-order valence-corrected chi connectivity index (χ0v) is 16.1. The van der Waals surface area contributed by atoms with E-state index in [1.165, 1.54) is 31.2 Å². The van der Waals surface area contributed by atoms with Gasteiger partial charge in [0.05, 0.1) is 34.4 Å². The number of rotatable bonds is 5. The number of nitrogens with one attached hydrogen (secondary N) is 1. The topological polar surface area (TPSA) is 117 Å². The van der Waals surface area contributed by atoms with Crippen LogP contribution in [0.4, 0.5) is 11.4 Å². The van der Waals surface area contributed by atoms with Crippen LogP contribution in [0.1, 0.15) is 23.7 Å². The molecule has 0 saturated carbocycles. The second-order valence-electron chi connectivity index (χ2n) is 6.17. The number of non-ortho nitro benzene ring substituents is 1. The third kappa shape index (κ3) is 4.94. The van der Waals surface area contributed by atoms with Gasteiger partial charge >= 0.3 is 5.97 Å². The summed E-state index contributed by atoms with van der Waals surface area (Å²) in [6.07, 6.45) is -0.401. The van der Waals surface area contributed by atoms with E-state index in [0.717, 1.165) is 12.5 Å². The lowest BCUT2D eigenvalue weighted by Gasteiger charge is -2.15. The minimum atomic E-state index is -1.13. The van der Waals surface area contributed by atoms with Gasteiger partial charge in [-0.1, -0.05) is 11.6 Å². The lowest BCUT2D eigenvalue weighted by Crippen LogP contribution is -2.30. The van der Waals surface area contributed by atoms with Crippen molar-refractivity contribution in [1.29, 1.82) is 0 Å². The zero-order chi connectivity index (χ0) is 21.0. The summed E-state index contributed by atoms with van der Waals surface area (Å²) in [6, 6.07) is 8.26. The normalized spacial score (nSPS) is 13.7. The fourth-order valence-electron chi connectivity index (χ4n) is 2.53. The van der Waals surface area contributed by atoms with Crippen molar-refractivity contribution in [3.63, 3.8) is 0 Å². The lowest BCUT2D eigenvalue weighted by molar-refractivity contribution is -0.384. The van der Waals surface area contributed by atoms with E-state index in [1.807, 2.05) is 0 Å². The number of carbonyl (C=O) groups excluding carboxylic acids is 2. The van der Waals surface area contributed by atoms with Gasteiger partial charge in [0.1, 0.15) is 0 Å². The number of esters is 1. The van der Waals surface area contributed by atoms with Gasteiger partial charge in [-0.05, 0) is 31.2 Å². The predicted octanol–water partition coefficient (Wildman–Crippen LogP) is 3.59. The SMILES string of the molecule is CC(OC(=O)c1ccc2c(c1)OCCCO2)C(=O)Nc1ccc([N+](=O)[O-])cc1Cl. The molecule has 1 heterocycles. The number of fused-ring (bicyclic) bond motifs is 1. The minimum Gasteiger partial charge on any atom is -0.490 e. The molecule has 1 aliphatic rings. The number of nitro benzene ring substituents is 1. The van der Waals surface area contributed by atoms with Gasteiger partial charge in [0.15, 0.2) is 17.6 Å². The van der Waals surface area contributed by atoms with E-state index in [1.54, 1.807) is 6.07 Å². The van der Waals surface area contributed by atoms with E-state index < -0.39 is 22.9 Å². The first-order valence-corrected chi connectivity index (χ1v) is 9.08. The molecule has 1 unspecified atom stereocenters. The molecule has 29 heavy (non-hydrogen) atoms. The summed E-state index contributed by atoms with van der Waals surface area (Å²) < 4.78 is 16.2. The maximum atomic E-state index is 12.4. The van der Waals surface area contributed by atoms with Crippen LogP contribution >= 0.6 is 11.6 Å². The van der Waals surface area contributed by atoms with Gasteiger partial charge in [-0.15, -0.1) is 0 Å². The van der Waals surface area contributed by atoms with Gasteiger partial charge in [0.2, 0.25) is 0 Å². The minimum absolute atomic E-state index is 0.00558. The highest BCUT2D eigenvalue weighted by atomic mass is 35.5. The van der Waals surface area contributed by atoms with Crippen molar-refractivity contribution in [2.24, 2.45) is 0 Å². The van der Waals surface area contributed by atoms with Crippen LogP contribution in [0.3, 0.4) is 0 Å². The molecular weight excluding hydrogens is 404 g/mol. The highest BCUT2D eigenvalue weighted by molar-refractivity contribution is 6.34. The lowest BCUT2D eigenvalue weighted by atomic mass is 10.2. The predicted molar refractivity (Wildman–Crippen MR) is 104 cm³/mol. The third-order valence-electron chi connectivity index (χ3n) is 4.06. The van der Waals surface area contributed by atoms with E-state index in [4.69, 9.17) is 25.8 Å². The van der Waals surface area contributed by atoms with Crippen LogP contribution in [-0.4, -0.2) is 36.1 Å². The molecule has 0 spiro atoms. The smallest absolute Gasteiger partial charge is 0.339 e.